The summed E-state index contributed by atoms with van der Waals surface area (Å²) in [5, 5.41) is 3.00. The number of carbonyl (C=O) groups is 1. The Kier molecular flexibility index (Phi) is 5.59. The third-order valence-electron chi connectivity index (χ3n) is 3.79. The third-order valence-corrected chi connectivity index (χ3v) is 5.14. The molecule has 1 rings (SSSR count). The molecule has 0 bridgehead atoms. The van der Waals surface area contributed by atoms with E-state index in [0.29, 0.717) is 5.56 Å². The van der Waals surface area contributed by atoms with Crippen molar-refractivity contribution >= 4 is 25.6 Å². The van der Waals surface area contributed by atoms with Gasteiger partial charge in [-0.25, -0.2) is 8.42 Å². The van der Waals surface area contributed by atoms with Gasteiger partial charge in [-0.3, -0.25) is 4.79 Å². The van der Waals surface area contributed by atoms with E-state index >= 15 is 0 Å². The summed E-state index contributed by atoms with van der Waals surface area (Å²) < 4.78 is 22.6. The Morgan fingerprint density at radius 2 is 1.75 bits per heavy atom. The summed E-state index contributed by atoms with van der Waals surface area (Å²) in [6, 6.07) is 5.75. The minimum Gasteiger partial charge on any atom is -0.347 e. The Morgan fingerprint density at radius 1 is 1.20 bits per heavy atom. The normalized spacial score (nSPS) is 12.2. The minimum absolute atomic E-state index is 0.0677. The van der Waals surface area contributed by atoms with Crippen LogP contribution in [0.15, 0.2) is 29.2 Å². The van der Waals surface area contributed by atoms with Gasteiger partial charge < -0.3 is 5.32 Å². The number of rotatable bonds is 6. The van der Waals surface area contributed by atoms with Gasteiger partial charge in [-0.05, 0) is 37.5 Å². The summed E-state index contributed by atoms with van der Waals surface area (Å²) in [6.45, 7) is 6.06. The Bertz CT molecular complexity index is 572. The van der Waals surface area contributed by atoms with Gasteiger partial charge >= 0.3 is 0 Å². The van der Waals surface area contributed by atoms with Gasteiger partial charge in [0.2, 0.25) is 0 Å². The van der Waals surface area contributed by atoms with Crippen molar-refractivity contribution in [2.24, 2.45) is 0 Å². The van der Waals surface area contributed by atoms with Crippen molar-refractivity contribution < 1.29 is 13.2 Å². The van der Waals surface area contributed by atoms with Crippen LogP contribution in [0.25, 0.3) is 0 Å². The van der Waals surface area contributed by atoms with Crippen LogP contribution in [-0.2, 0) is 9.05 Å². The molecule has 0 atom stereocenters. The molecule has 112 valence electrons. The number of benzene rings is 1. The Balaban J connectivity index is 3.05. The molecule has 1 aromatic carbocycles. The average molecular weight is 318 g/mol. The number of hydrogen-bond acceptors (Lipinski definition) is 3. The highest BCUT2D eigenvalue weighted by Crippen LogP contribution is 2.21. The molecule has 0 aliphatic carbocycles. The van der Waals surface area contributed by atoms with E-state index in [-0.39, 0.29) is 16.3 Å². The molecule has 6 heteroatoms. The monoisotopic (exact) mass is 317 g/mol. The van der Waals surface area contributed by atoms with Crippen LogP contribution >= 0.6 is 10.7 Å². The fraction of sp³-hybridized carbons (Fsp3) is 0.500. The Labute approximate surface area is 124 Å². The molecule has 0 aromatic heterocycles. The topological polar surface area (TPSA) is 63.2 Å². The third kappa shape index (κ3) is 3.96. The number of nitrogens with one attached hydrogen (secondary N) is 1. The molecule has 0 spiro atoms. The lowest BCUT2D eigenvalue weighted by molar-refractivity contribution is 0.0888. The van der Waals surface area contributed by atoms with Crippen LogP contribution in [-0.4, -0.2) is 19.9 Å². The van der Waals surface area contributed by atoms with Crippen LogP contribution in [0.1, 0.15) is 50.4 Å². The van der Waals surface area contributed by atoms with E-state index in [2.05, 4.69) is 5.32 Å². The number of hydrogen-bond donors (Lipinski definition) is 1. The quantitative estimate of drug-likeness (QED) is 0.819. The zero-order valence-corrected chi connectivity index (χ0v) is 13.5. The van der Waals surface area contributed by atoms with E-state index in [1.54, 1.807) is 6.07 Å². The molecule has 4 nitrogen and oxygen atoms in total. The van der Waals surface area contributed by atoms with Crippen molar-refractivity contribution in [3.05, 3.63) is 29.8 Å². The zero-order chi connectivity index (χ0) is 15.4. The molecule has 1 N–H and O–H groups in total. The van der Waals surface area contributed by atoms with E-state index in [4.69, 9.17) is 10.7 Å². The smallest absolute Gasteiger partial charge is 0.261 e. The van der Waals surface area contributed by atoms with Crippen molar-refractivity contribution in [1.82, 2.24) is 5.32 Å². The van der Waals surface area contributed by atoms with Crippen LogP contribution in [0.5, 0.6) is 0 Å². The van der Waals surface area contributed by atoms with Gasteiger partial charge in [0.1, 0.15) is 0 Å². The summed E-state index contributed by atoms with van der Waals surface area (Å²) in [5.41, 5.74) is 0.0406. The fourth-order valence-electron chi connectivity index (χ4n) is 2.12. The van der Waals surface area contributed by atoms with E-state index in [1.165, 1.54) is 18.2 Å². The fourth-order valence-corrected chi connectivity index (χ4v) is 2.91. The van der Waals surface area contributed by atoms with Crippen molar-refractivity contribution in [2.45, 2.75) is 50.5 Å². The SMILES string of the molecule is CCC(CC)(CC)NC(=O)c1cccc(S(=O)(=O)Cl)c1. The lowest BCUT2D eigenvalue weighted by atomic mass is 9.89. The van der Waals surface area contributed by atoms with E-state index in [9.17, 15) is 13.2 Å². The van der Waals surface area contributed by atoms with Gasteiger partial charge in [0.25, 0.3) is 15.0 Å². The predicted molar refractivity (Wildman–Crippen MR) is 80.6 cm³/mol. The lowest BCUT2D eigenvalue weighted by Gasteiger charge is -2.31. The van der Waals surface area contributed by atoms with E-state index < -0.39 is 9.05 Å². The molecule has 0 unspecified atom stereocenters. The molecule has 0 radical (unpaired) electrons. The molecular weight excluding hydrogens is 298 g/mol. The average Bonchev–Trinajstić information content (AvgIpc) is 2.44. The molecule has 0 saturated heterocycles. The minimum atomic E-state index is -3.83. The molecule has 1 aromatic rings. The first-order valence-electron chi connectivity index (χ1n) is 6.65. The summed E-state index contributed by atoms with van der Waals surface area (Å²) in [7, 11) is 1.46. The highest BCUT2D eigenvalue weighted by molar-refractivity contribution is 8.13. The first kappa shape index (κ1) is 17.0. The van der Waals surface area contributed by atoms with Crippen LogP contribution in [0.2, 0.25) is 0 Å². The molecule has 0 aliphatic rings. The van der Waals surface area contributed by atoms with Crippen LogP contribution in [0.4, 0.5) is 0 Å². The largest absolute Gasteiger partial charge is 0.347 e. The van der Waals surface area contributed by atoms with Crippen LogP contribution in [0, 0.1) is 0 Å². The van der Waals surface area contributed by atoms with Crippen molar-refractivity contribution in [1.29, 1.82) is 0 Å². The molecule has 0 heterocycles. The molecular formula is C14H20ClNO3S. The molecule has 0 saturated carbocycles. The van der Waals surface area contributed by atoms with E-state index in [1.807, 2.05) is 20.8 Å². The maximum atomic E-state index is 12.3. The second-order valence-electron chi connectivity index (χ2n) is 4.76. The maximum absolute atomic E-state index is 12.3. The molecule has 20 heavy (non-hydrogen) atoms. The van der Waals surface area contributed by atoms with Crippen molar-refractivity contribution in [3.63, 3.8) is 0 Å². The van der Waals surface area contributed by atoms with Gasteiger partial charge in [0.15, 0.2) is 0 Å². The highest BCUT2D eigenvalue weighted by atomic mass is 35.7. The summed E-state index contributed by atoms with van der Waals surface area (Å²) in [6.07, 6.45) is 2.46. The Hall–Kier alpha value is -1.07. The molecule has 0 fully saturated rings. The first-order valence-corrected chi connectivity index (χ1v) is 8.96. The second-order valence-corrected chi connectivity index (χ2v) is 7.33. The van der Waals surface area contributed by atoms with Gasteiger partial charge in [-0.2, -0.15) is 0 Å². The lowest BCUT2D eigenvalue weighted by Crippen LogP contribution is -2.47. The summed E-state index contributed by atoms with van der Waals surface area (Å²) >= 11 is 0. The van der Waals surface area contributed by atoms with Gasteiger partial charge in [-0.1, -0.05) is 26.8 Å². The highest BCUT2D eigenvalue weighted by Gasteiger charge is 2.26. The predicted octanol–water partition coefficient (Wildman–Crippen LogP) is 3.31. The maximum Gasteiger partial charge on any atom is 0.261 e. The number of amides is 1. The van der Waals surface area contributed by atoms with Crippen LogP contribution in [0.3, 0.4) is 0 Å². The van der Waals surface area contributed by atoms with Crippen LogP contribution < -0.4 is 5.32 Å². The standard InChI is InChI=1S/C14H20ClNO3S/c1-4-14(5-2,6-3)16-13(17)11-8-7-9-12(10-11)20(15,18)19/h7-10H,4-6H2,1-3H3,(H,16,17). The zero-order valence-electron chi connectivity index (χ0n) is 11.9. The van der Waals surface area contributed by atoms with Gasteiger partial charge in [0, 0.05) is 21.8 Å². The van der Waals surface area contributed by atoms with E-state index in [0.717, 1.165) is 19.3 Å². The number of halogens is 1. The molecule has 1 amide bonds. The van der Waals surface area contributed by atoms with Gasteiger partial charge in [0.05, 0.1) is 4.90 Å². The van der Waals surface area contributed by atoms with Crippen molar-refractivity contribution in [2.75, 3.05) is 0 Å². The second kappa shape index (κ2) is 6.59. The Morgan fingerprint density at radius 3 is 2.20 bits per heavy atom. The number of carbonyl (C=O) groups excluding carboxylic acids is 1. The summed E-state index contributed by atoms with van der Waals surface area (Å²) in [4.78, 5) is 12.2. The first-order chi connectivity index (χ1) is 9.28. The molecule has 0 aliphatic heterocycles. The van der Waals surface area contributed by atoms with Gasteiger partial charge in [-0.15, -0.1) is 0 Å². The summed E-state index contributed by atoms with van der Waals surface area (Å²) in [5.74, 6) is -0.280. The van der Waals surface area contributed by atoms with Crippen molar-refractivity contribution in [3.8, 4) is 0 Å².